The minimum Gasteiger partial charge on any atom is -0.393 e. The van der Waals surface area contributed by atoms with Gasteiger partial charge in [-0.1, -0.05) is 33.6 Å². The van der Waals surface area contributed by atoms with Crippen molar-refractivity contribution in [1.82, 2.24) is 0 Å². The molecule has 5 aliphatic carbocycles. The Morgan fingerprint density at radius 3 is 2.38 bits per heavy atom. The zero-order chi connectivity index (χ0) is 20.8. The van der Waals surface area contributed by atoms with Crippen LogP contribution in [0.5, 0.6) is 0 Å². The number of carbonyl (C=O) groups excluding carboxylic acids is 1. The first-order valence-corrected chi connectivity index (χ1v) is 12.5. The summed E-state index contributed by atoms with van der Waals surface area (Å²) >= 11 is 0. The Balaban J connectivity index is 1.55. The van der Waals surface area contributed by atoms with E-state index in [-0.39, 0.29) is 28.3 Å². The van der Waals surface area contributed by atoms with Crippen molar-refractivity contribution < 1.29 is 15.0 Å². The number of aliphatic hydroxyl groups excluding tert-OH is 1. The van der Waals surface area contributed by atoms with Gasteiger partial charge in [0.25, 0.3) is 0 Å². The van der Waals surface area contributed by atoms with E-state index in [0.717, 1.165) is 38.5 Å². The number of aliphatic hydroxyl groups is 2. The average Bonchev–Trinajstić information content (AvgIpc) is 2.95. The zero-order valence-electron chi connectivity index (χ0n) is 19.0. The van der Waals surface area contributed by atoms with Crippen LogP contribution in [0.2, 0.25) is 0 Å². The van der Waals surface area contributed by atoms with E-state index in [4.69, 9.17) is 0 Å². The Labute approximate surface area is 177 Å². The van der Waals surface area contributed by atoms with Gasteiger partial charge in [-0.2, -0.15) is 0 Å². The fourth-order valence-corrected chi connectivity index (χ4v) is 10.5. The van der Waals surface area contributed by atoms with E-state index in [9.17, 15) is 15.0 Å². The first kappa shape index (κ1) is 20.5. The molecule has 0 aromatic heterocycles. The number of hydrogen-bond acceptors (Lipinski definition) is 3. The Morgan fingerprint density at radius 2 is 1.66 bits per heavy atom. The van der Waals surface area contributed by atoms with Crippen LogP contribution in [0.25, 0.3) is 0 Å². The van der Waals surface area contributed by atoms with Gasteiger partial charge in [0.1, 0.15) is 5.78 Å². The Bertz CT molecular complexity index is 704. The molecular formula is C26H42O3. The molecule has 5 rings (SSSR count). The molecule has 0 aliphatic heterocycles. The number of fused-ring (bicyclic) bond motifs is 7. The van der Waals surface area contributed by atoms with E-state index >= 15 is 0 Å². The first-order valence-electron chi connectivity index (χ1n) is 12.5. The highest BCUT2D eigenvalue weighted by Gasteiger charge is 2.71. The van der Waals surface area contributed by atoms with Crippen molar-refractivity contribution >= 4 is 5.78 Å². The van der Waals surface area contributed by atoms with Gasteiger partial charge in [0.05, 0.1) is 11.7 Å². The molecule has 0 aromatic carbocycles. The van der Waals surface area contributed by atoms with Crippen LogP contribution in [0.15, 0.2) is 0 Å². The minimum absolute atomic E-state index is 0.0818. The number of hydrogen-bond donors (Lipinski definition) is 2. The van der Waals surface area contributed by atoms with Crippen molar-refractivity contribution in [2.24, 2.45) is 45.8 Å². The van der Waals surface area contributed by atoms with Gasteiger partial charge in [-0.3, -0.25) is 4.79 Å². The number of rotatable bonds is 1. The SMILES string of the molecule is CC(=O)[C@@]12CCCC[C@@H]1C[C@H]1[C@@H]3C[C@H](C)[C@@]4(O)C[C@@H](O)CC[C@]4(C)[C@H]3CC[C@@]12C. The van der Waals surface area contributed by atoms with Crippen LogP contribution < -0.4 is 0 Å². The maximum Gasteiger partial charge on any atom is 0.136 e. The molecule has 10 atom stereocenters. The standard InChI is InChI=1S/C26H42O3/c1-16-13-20-21(24(4)11-8-19(28)15-26(16,24)29)9-12-23(3)22(20)14-18-7-5-6-10-25(18,23)17(2)27/h16,18-22,28-29H,5-15H2,1-4H3/t16-,18+,19-,20+,21-,22-,23-,24+,25-,26-/m0/s1. The largest absolute Gasteiger partial charge is 0.393 e. The van der Waals surface area contributed by atoms with Gasteiger partial charge in [-0.15, -0.1) is 0 Å². The molecule has 5 fully saturated rings. The minimum atomic E-state index is -0.733. The molecular weight excluding hydrogens is 360 g/mol. The highest BCUT2D eigenvalue weighted by molar-refractivity contribution is 5.84. The lowest BCUT2D eigenvalue weighted by molar-refractivity contribution is -0.246. The molecule has 0 radical (unpaired) electrons. The number of ketones is 1. The van der Waals surface area contributed by atoms with Crippen molar-refractivity contribution in [1.29, 1.82) is 0 Å². The molecule has 0 heterocycles. The van der Waals surface area contributed by atoms with Crippen molar-refractivity contribution in [3.63, 3.8) is 0 Å². The van der Waals surface area contributed by atoms with Gasteiger partial charge in [0.15, 0.2) is 0 Å². The summed E-state index contributed by atoms with van der Waals surface area (Å²) in [6.45, 7) is 8.96. The Morgan fingerprint density at radius 1 is 0.931 bits per heavy atom. The molecule has 3 heteroatoms. The fraction of sp³-hybridized carbons (Fsp3) is 0.962. The highest BCUT2D eigenvalue weighted by atomic mass is 16.3. The number of carbonyl (C=O) groups is 1. The van der Waals surface area contributed by atoms with E-state index < -0.39 is 5.60 Å². The van der Waals surface area contributed by atoms with Gasteiger partial charge in [0.2, 0.25) is 0 Å². The van der Waals surface area contributed by atoms with Crippen LogP contribution >= 0.6 is 0 Å². The summed E-state index contributed by atoms with van der Waals surface area (Å²) in [6, 6.07) is 0. The molecule has 29 heavy (non-hydrogen) atoms. The summed E-state index contributed by atoms with van der Waals surface area (Å²) in [5.74, 6) is 3.08. The average molecular weight is 403 g/mol. The van der Waals surface area contributed by atoms with E-state index in [0.29, 0.717) is 35.9 Å². The second-order valence-corrected chi connectivity index (χ2v) is 12.4. The molecule has 0 bridgehead atoms. The monoisotopic (exact) mass is 402 g/mol. The topological polar surface area (TPSA) is 57.5 Å². The lowest BCUT2D eigenvalue weighted by atomic mass is 9.40. The van der Waals surface area contributed by atoms with Crippen LogP contribution in [0.1, 0.15) is 98.3 Å². The van der Waals surface area contributed by atoms with Crippen LogP contribution in [0.3, 0.4) is 0 Å². The third-order valence-electron chi connectivity index (χ3n) is 11.9. The molecule has 5 aliphatic rings. The summed E-state index contributed by atoms with van der Waals surface area (Å²) in [5.41, 5.74) is -0.761. The Hall–Kier alpha value is -0.410. The lowest BCUT2D eigenvalue weighted by Crippen LogP contribution is -2.66. The summed E-state index contributed by atoms with van der Waals surface area (Å²) in [4.78, 5) is 13.2. The summed E-state index contributed by atoms with van der Waals surface area (Å²) in [5, 5.41) is 22.2. The van der Waals surface area contributed by atoms with Crippen molar-refractivity contribution in [3.8, 4) is 0 Å². The van der Waals surface area contributed by atoms with E-state index in [2.05, 4.69) is 20.8 Å². The lowest BCUT2D eigenvalue weighted by Gasteiger charge is -2.66. The molecule has 0 aromatic rings. The van der Waals surface area contributed by atoms with Crippen LogP contribution in [0, 0.1) is 45.8 Å². The second kappa shape index (κ2) is 6.31. The van der Waals surface area contributed by atoms with Gasteiger partial charge in [0, 0.05) is 11.8 Å². The molecule has 164 valence electrons. The van der Waals surface area contributed by atoms with Crippen molar-refractivity contribution in [2.75, 3.05) is 0 Å². The van der Waals surface area contributed by atoms with Gasteiger partial charge in [-0.25, -0.2) is 0 Å². The van der Waals surface area contributed by atoms with Crippen LogP contribution in [0.4, 0.5) is 0 Å². The third-order valence-corrected chi connectivity index (χ3v) is 11.9. The van der Waals surface area contributed by atoms with Gasteiger partial charge >= 0.3 is 0 Å². The van der Waals surface area contributed by atoms with Crippen LogP contribution in [-0.4, -0.2) is 27.7 Å². The predicted octanol–water partition coefficient (Wildman–Crippen LogP) is 5.13. The summed E-state index contributed by atoms with van der Waals surface area (Å²) < 4.78 is 0. The number of Topliss-reactive ketones (excluding diaryl/α,β-unsaturated/α-hetero) is 1. The maximum atomic E-state index is 13.2. The van der Waals surface area contributed by atoms with Crippen LogP contribution in [-0.2, 0) is 4.79 Å². The zero-order valence-corrected chi connectivity index (χ0v) is 19.0. The van der Waals surface area contributed by atoms with Crippen molar-refractivity contribution in [3.05, 3.63) is 0 Å². The smallest absolute Gasteiger partial charge is 0.136 e. The molecule has 0 unspecified atom stereocenters. The molecule has 0 spiro atoms. The van der Waals surface area contributed by atoms with E-state index in [1.165, 1.54) is 25.7 Å². The summed E-state index contributed by atoms with van der Waals surface area (Å²) in [7, 11) is 0. The fourth-order valence-electron chi connectivity index (χ4n) is 10.5. The summed E-state index contributed by atoms with van der Waals surface area (Å²) in [6.07, 6.45) is 11.5. The molecule has 0 amide bonds. The second-order valence-electron chi connectivity index (χ2n) is 12.4. The molecule has 0 saturated heterocycles. The Kier molecular flexibility index (Phi) is 4.46. The van der Waals surface area contributed by atoms with Gasteiger partial charge < -0.3 is 10.2 Å². The predicted molar refractivity (Wildman–Crippen MR) is 114 cm³/mol. The van der Waals surface area contributed by atoms with E-state index in [1.54, 1.807) is 0 Å². The highest BCUT2D eigenvalue weighted by Crippen LogP contribution is 2.75. The third kappa shape index (κ3) is 2.30. The first-order chi connectivity index (χ1) is 13.6. The van der Waals surface area contributed by atoms with E-state index in [1.807, 2.05) is 6.92 Å². The molecule has 3 nitrogen and oxygen atoms in total. The van der Waals surface area contributed by atoms with Gasteiger partial charge in [-0.05, 0) is 98.7 Å². The molecule has 5 saturated carbocycles. The molecule has 2 N–H and O–H groups in total. The maximum absolute atomic E-state index is 13.2. The van der Waals surface area contributed by atoms with Crippen molar-refractivity contribution in [2.45, 2.75) is 110 Å². The normalized spacial score (nSPS) is 59.2. The quantitative estimate of drug-likeness (QED) is 0.639.